The molecule has 0 atom stereocenters. The van der Waals surface area contributed by atoms with Gasteiger partial charge >= 0.3 is 0 Å². The molecule has 4 aromatic rings. The number of hydrogen-bond donors (Lipinski definition) is 2. The maximum atomic E-state index is 6.13. The normalized spacial score (nSPS) is 11.0. The second kappa shape index (κ2) is 11.4. The van der Waals surface area contributed by atoms with Crippen LogP contribution >= 0.6 is 11.6 Å². The Bertz CT molecular complexity index is 1270. The number of nitrogens with zero attached hydrogens (tertiary/aromatic N) is 6. The van der Waals surface area contributed by atoms with Gasteiger partial charge in [-0.15, -0.1) is 0 Å². The summed E-state index contributed by atoms with van der Waals surface area (Å²) in [5.74, 6) is 0.701. The lowest BCUT2D eigenvalue weighted by Gasteiger charge is -2.11. The van der Waals surface area contributed by atoms with Crippen LogP contribution in [-0.2, 0) is 6.42 Å². The number of aryl methyl sites for hydroxylation is 1. The van der Waals surface area contributed by atoms with E-state index in [1.807, 2.05) is 79.7 Å². The minimum atomic E-state index is 0.0957. The summed E-state index contributed by atoms with van der Waals surface area (Å²) in [5.41, 5.74) is 5.59. The Kier molecular flexibility index (Phi) is 7.84. The molecule has 178 valence electrons. The Morgan fingerprint density at radius 1 is 0.714 bits per heavy atom. The molecule has 35 heavy (non-hydrogen) atoms. The summed E-state index contributed by atoms with van der Waals surface area (Å²) in [5, 5.41) is 15.0. The van der Waals surface area contributed by atoms with Crippen LogP contribution in [0.4, 0.5) is 40.3 Å². The number of benzene rings is 3. The zero-order chi connectivity index (χ0) is 24.6. The fourth-order valence-electron chi connectivity index (χ4n) is 3.31. The summed E-state index contributed by atoms with van der Waals surface area (Å²) < 4.78 is 0. The molecule has 0 amide bonds. The van der Waals surface area contributed by atoms with E-state index in [2.05, 4.69) is 54.9 Å². The van der Waals surface area contributed by atoms with Gasteiger partial charge in [0.15, 0.2) is 0 Å². The first-order valence-electron chi connectivity index (χ1n) is 11.3. The van der Waals surface area contributed by atoms with Gasteiger partial charge in [-0.2, -0.15) is 25.2 Å². The van der Waals surface area contributed by atoms with Crippen LogP contribution in [0.1, 0.15) is 18.9 Å². The average Bonchev–Trinajstić information content (AvgIpc) is 2.85. The number of azo groups is 1. The maximum Gasteiger partial charge on any atom is 0.233 e. The van der Waals surface area contributed by atoms with Crippen molar-refractivity contribution in [2.75, 3.05) is 29.6 Å². The largest absolute Gasteiger partial charge is 0.378 e. The Labute approximate surface area is 210 Å². The molecule has 0 aliphatic heterocycles. The molecular formula is C26H27ClN8. The van der Waals surface area contributed by atoms with E-state index in [1.165, 1.54) is 5.56 Å². The number of aromatic nitrogens is 3. The quantitative estimate of drug-likeness (QED) is 0.239. The molecule has 0 saturated carbocycles. The first-order chi connectivity index (χ1) is 17.0. The third kappa shape index (κ3) is 6.97. The molecule has 4 rings (SSSR count). The van der Waals surface area contributed by atoms with Crippen molar-refractivity contribution in [2.45, 2.75) is 19.8 Å². The SMILES string of the molecule is CCCc1ccc(Nc2nc(Cl)nc(Nc3ccc(N=Nc4ccc(N(C)C)cc4)cc3)n2)cc1. The number of hydrogen-bond acceptors (Lipinski definition) is 8. The molecule has 0 saturated heterocycles. The minimum absolute atomic E-state index is 0.0957. The van der Waals surface area contributed by atoms with E-state index in [9.17, 15) is 0 Å². The third-order valence-corrected chi connectivity index (χ3v) is 5.30. The van der Waals surface area contributed by atoms with E-state index >= 15 is 0 Å². The number of halogens is 1. The minimum Gasteiger partial charge on any atom is -0.378 e. The van der Waals surface area contributed by atoms with Crippen molar-refractivity contribution >= 4 is 51.9 Å². The molecule has 1 heterocycles. The van der Waals surface area contributed by atoms with E-state index in [-0.39, 0.29) is 5.28 Å². The van der Waals surface area contributed by atoms with Crippen molar-refractivity contribution in [3.8, 4) is 0 Å². The fourth-order valence-corrected chi connectivity index (χ4v) is 3.47. The molecule has 0 bridgehead atoms. The van der Waals surface area contributed by atoms with Gasteiger partial charge in [0.05, 0.1) is 11.4 Å². The van der Waals surface area contributed by atoms with Gasteiger partial charge < -0.3 is 15.5 Å². The molecule has 0 spiro atoms. The first kappa shape index (κ1) is 24.1. The highest BCUT2D eigenvalue weighted by Gasteiger charge is 2.07. The highest BCUT2D eigenvalue weighted by Crippen LogP contribution is 2.24. The van der Waals surface area contributed by atoms with Gasteiger partial charge in [-0.25, -0.2) is 0 Å². The average molecular weight is 487 g/mol. The first-order valence-corrected chi connectivity index (χ1v) is 11.7. The lowest BCUT2D eigenvalue weighted by atomic mass is 10.1. The van der Waals surface area contributed by atoms with Crippen LogP contribution in [0.3, 0.4) is 0 Å². The van der Waals surface area contributed by atoms with Crippen molar-refractivity contribution in [3.05, 3.63) is 83.6 Å². The van der Waals surface area contributed by atoms with Gasteiger partial charge in [0.1, 0.15) is 0 Å². The van der Waals surface area contributed by atoms with Crippen molar-refractivity contribution in [2.24, 2.45) is 10.2 Å². The van der Waals surface area contributed by atoms with Gasteiger partial charge in [0, 0.05) is 31.2 Å². The Hall–Kier alpha value is -4.04. The monoisotopic (exact) mass is 486 g/mol. The second-order valence-corrected chi connectivity index (χ2v) is 8.44. The molecule has 1 aromatic heterocycles. The van der Waals surface area contributed by atoms with Crippen LogP contribution in [-0.4, -0.2) is 29.0 Å². The number of nitrogens with one attached hydrogen (secondary N) is 2. The molecule has 2 N–H and O–H groups in total. The maximum absolute atomic E-state index is 6.13. The summed E-state index contributed by atoms with van der Waals surface area (Å²) in [6.07, 6.45) is 2.16. The van der Waals surface area contributed by atoms with E-state index in [4.69, 9.17) is 11.6 Å². The fraction of sp³-hybridized carbons (Fsp3) is 0.192. The molecule has 0 radical (unpaired) electrons. The smallest absolute Gasteiger partial charge is 0.233 e. The van der Waals surface area contributed by atoms with Gasteiger partial charge in [-0.3, -0.25) is 0 Å². The summed E-state index contributed by atoms with van der Waals surface area (Å²) in [4.78, 5) is 14.8. The van der Waals surface area contributed by atoms with Crippen molar-refractivity contribution in [1.29, 1.82) is 0 Å². The molecular weight excluding hydrogens is 460 g/mol. The highest BCUT2D eigenvalue weighted by molar-refractivity contribution is 6.28. The summed E-state index contributed by atoms with van der Waals surface area (Å²) in [7, 11) is 4.00. The van der Waals surface area contributed by atoms with Crippen molar-refractivity contribution < 1.29 is 0 Å². The van der Waals surface area contributed by atoms with Gasteiger partial charge in [0.25, 0.3) is 0 Å². The van der Waals surface area contributed by atoms with E-state index in [0.717, 1.165) is 41.3 Å². The van der Waals surface area contributed by atoms with E-state index < -0.39 is 0 Å². The molecule has 0 aliphatic carbocycles. The number of anilines is 5. The van der Waals surface area contributed by atoms with E-state index in [0.29, 0.717) is 11.9 Å². The molecule has 9 heteroatoms. The van der Waals surface area contributed by atoms with Crippen LogP contribution in [0, 0.1) is 0 Å². The third-order valence-electron chi connectivity index (χ3n) is 5.13. The Balaban J connectivity index is 1.40. The van der Waals surface area contributed by atoms with Crippen LogP contribution in [0.15, 0.2) is 83.0 Å². The second-order valence-electron chi connectivity index (χ2n) is 8.11. The predicted octanol–water partition coefficient (Wildman–Crippen LogP) is 7.45. The molecule has 3 aromatic carbocycles. The topological polar surface area (TPSA) is 90.7 Å². The van der Waals surface area contributed by atoms with Gasteiger partial charge in [-0.05, 0) is 84.2 Å². The zero-order valence-electron chi connectivity index (χ0n) is 19.9. The lowest BCUT2D eigenvalue weighted by molar-refractivity contribution is 0.922. The zero-order valence-corrected chi connectivity index (χ0v) is 20.7. The summed E-state index contributed by atoms with van der Waals surface area (Å²) in [6, 6.07) is 23.5. The number of rotatable bonds is 9. The standard InChI is InChI=1S/C26H27ClN8/c1-4-5-18-6-8-19(9-7-18)28-25-30-24(27)31-26(32-25)29-20-10-12-21(13-11-20)33-34-22-14-16-23(17-15-22)35(2)3/h6-17H,4-5H2,1-3H3,(H2,28,29,30,31,32). The summed E-state index contributed by atoms with van der Waals surface area (Å²) in [6.45, 7) is 2.16. The molecule has 8 nitrogen and oxygen atoms in total. The summed E-state index contributed by atoms with van der Waals surface area (Å²) >= 11 is 6.13. The molecule has 0 aliphatic rings. The highest BCUT2D eigenvalue weighted by atomic mass is 35.5. The van der Waals surface area contributed by atoms with Gasteiger partial charge in [0.2, 0.25) is 17.2 Å². The van der Waals surface area contributed by atoms with Gasteiger partial charge in [-0.1, -0.05) is 25.5 Å². The van der Waals surface area contributed by atoms with Crippen LogP contribution < -0.4 is 15.5 Å². The van der Waals surface area contributed by atoms with E-state index in [1.54, 1.807) is 0 Å². The van der Waals surface area contributed by atoms with Crippen LogP contribution in [0.5, 0.6) is 0 Å². The Morgan fingerprint density at radius 2 is 1.20 bits per heavy atom. The Morgan fingerprint density at radius 3 is 1.69 bits per heavy atom. The van der Waals surface area contributed by atoms with Crippen molar-refractivity contribution in [3.63, 3.8) is 0 Å². The van der Waals surface area contributed by atoms with Crippen LogP contribution in [0.25, 0.3) is 0 Å². The van der Waals surface area contributed by atoms with Crippen LogP contribution in [0.2, 0.25) is 5.28 Å². The molecule has 0 unspecified atom stereocenters. The molecule has 0 fully saturated rings. The predicted molar refractivity (Wildman–Crippen MR) is 143 cm³/mol. The lowest BCUT2D eigenvalue weighted by Crippen LogP contribution is -2.07. The van der Waals surface area contributed by atoms with Crippen molar-refractivity contribution in [1.82, 2.24) is 15.0 Å².